The van der Waals surface area contributed by atoms with E-state index in [9.17, 15) is 13.6 Å². The maximum Gasteiger partial charge on any atom is 0.368 e. The van der Waals surface area contributed by atoms with Gasteiger partial charge in [-0.3, -0.25) is 4.79 Å². The zero-order chi connectivity index (χ0) is 9.94. The lowest BCUT2D eigenvalue weighted by Gasteiger charge is -2.22. The first-order chi connectivity index (χ1) is 5.34. The smallest absolute Gasteiger partial charge is 0.368 e. The molecule has 0 rings (SSSR count). The highest BCUT2D eigenvalue weighted by Gasteiger charge is 2.47. The molecule has 0 saturated heterocycles. The second kappa shape index (κ2) is 4.08. The van der Waals surface area contributed by atoms with Crippen LogP contribution in [-0.4, -0.2) is 45.3 Å². The standard InChI is InChI=1S/C5H7ClF2O4/c6-1-2(9)3(10)5(8,12)4(7)11/h2-3,9-10,12H,1H2/t2-,3-,5-/m1/s1. The number of aliphatic hydroxyl groups is 3. The zero-order valence-corrected chi connectivity index (χ0v) is 6.50. The van der Waals surface area contributed by atoms with Gasteiger partial charge in [-0.1, -0.05) is 0 Å². The molecule has 0 aromatic heterocycles. The normalized spacial score (nSPS) is 21.2. The molecule has 3 atom stereocenters. The lowest BCUT2D eigenvalue weighted by molar-refractivity contribution is -0.210. The van der Waals surface area contributed by atoms with Gasteiger partial charge in [-0.15, -0.1) is 11.6 Å². The highest BCUT2D eigenvalue weighted by atomic mass is 35.5. The second-order valence-corrected chi connectivity index (χ2v) is 2.42. The van der Waals surface area contributed by atoms with Gasteiger partial charge in [-0.2, -0.15) is 8.78 Å². The molecular weight excluding hydrogens is 197 g/mol. The van der Waals surface area contributed by atoms with Crippen LogP contribution in [0.3, 0.4) is 0 Å². The van der Waals surface area contributed by atoms with E-state index in [2.05, 4.69) is 0 Å². The number of carbonyl (C=O) groups is 1. The van der Waals surface area contributed by atoms with Crippen LogP contribution in [0.25, 0.3) is 0 Å². The van der Waals surface area contributed by atoms with Crippen LogP contribution in [0, 0.1) is 0 Å². The highest BCUT2D eigenvalue weighted by Crippen LogP contribution is 2.18. The summed E-state index contributed by atoms with van der Waals surface area (Å²) < 4.78 is 24.1. The molecule has 0 aromatic carbocycles. The van der Waals surface area contributed by atoms with Crippen molar-refractivity contribution in [1.29, 1.82) is 0 Å². The zero-order valence-electron chi connectivity index (χ0n) is 5.75. The number of rotatable bonds is 4. The Hall–Kier alpha value is -0.300. The third kappa shape index (κ3) is 2.34. The Kier molecular flexibility index (Phi) is 3.98. The first-order valence-electron chi connectivity index (χ1n) is 2.87. The van der Waals surface area contributed by atoms with Gasteiger partial charge in [0.25, 0.3) is 0 Å². The number of hydrogen-bond acceptors (Lipinski definition) is 4. The first kappa shape index (κ1) is 11.7. The summed E-state index contributed by atoms with van der Waals surface area (Å²) in [4.78, 5) is 9.72. The van der Waals surface area contributed by atoms with Crippen LogP contribution in [0.1, 0.15) is 0 Å². The predicted molar refractivity (Wildman–Crippen MR) is 34.9 cm³/mol. The SMILES string of the molecule is O=C(F)[C@@](O)(F)[C@H](O)[C@H](O)CCl. The molecule has 3 N–H and O–H groups in total. The molecule has 0 fully saturated rings. The fourth-order valence-corrected chi connectivity index (χ4v) is 0.624. The van der Waals surface area contributed by atoms with Crippen molar-refractivity contribution in [2.75, 3.05) is 5.88 Å². The molecule has 0 amide bonds. The van der Waals surface area contributed by atoms with E-state index in [0.29, 0.717) is 0 Å². The lowest BCUT2D eigenvalue weighted by atomic mass is 10.1. The van der Waals surface area contributed by atoms with Gasteiger partial charge < -0.3 is 15.3 Å². The number of hydrogen-bond donors (Lipinski definition) is 3. The Bertz CT molecular complexity index is 175. The van der Waals surface area contributed by atoms with Gasteiger partial charge in [0, 0.05) is 0 Å². The topological polar surface area (TPSA) is 77.8 Å². The molecule has 72 valence electrons. The van der Waals surface area contributed by atoms with E-state index < -0.39 is 30.0 Å². The molecule has 0 radical (unpaired) electrons. The molecule has 4 nitrogen and oxygen atoms in total. The quantitative estimate of drug-likeness (QED) is 0.410. The maximum atomic E-state index is 12.4. The maximum absolute atomic E-state index is 12.4. The van der Waals surface area contributed by atoms with Crippen molar-refractivity contribution in [2.24, 2.45) is 0 Å². The first-order valence-corrected chi connectivity index (χ1v) is 3.40. The van der Waals surface area contributed by atoms with Gasteiger partial charge in [-0.05, 0) is 0 Å². The van der Waals surface area contributed by atoms with Gasteiger partial charge in [0.2, 0.25) is 0 Å². The Labute approximate surface area is 71.4 Å². The van der Waals surface area contributed by atoms with Crippen molar-refractivity contribution in [3.05, 3.63) is 0 Å². The molecule has 0 aromatic rings. The van der Waals surface area contributed by atoms with Crippen LogP contribution in [0.15, 0.2) is 0 Å². The van der Waals surface area contributed by atoms with Gasteiger partial charge in [0.15, 0.2) is 6.10 Å². The second-order valence-electron chi connectivity index (χ2n) is 2.11. The van der Waals surface area contributed by atoms with Crippen LogP contribution in [0.5, 0.6) is 0 Å². The summed E-state index contributed by atoms with van der Waals surface area (Å²) in [6.07, 6.45) is -4.51. The molecule has 12 heavy (non-hydrogen) atoms. The molecule has 0 unspecified atom stereocenters. The van der Waals surface area contributed by atoms with Crippen molar-refractivity contribution in [2.45, 2.75) is 18.1 Å². The predicted octanol–water partition coefficient (Wildman–Crippen LogP) is -0.899. The molecule has 0 aliphatic heterocycles. The van der Waals surface area contributed by atoms with Crippen molar-refractivity contribution in [3.63, 3.8) is 0 Å². The Morgan fingerprint density at radius 2 is 2.00 bits per heavy atom. The number of alkyl halides is 2. The fraction of sp³-hybridized carbons (Fsp3) is 0.800. The summed E-state index contributed by atoms with van der Waals surface area (Å²) >= 11 is 4.94. The minimum Gasteiger partial charge on any atom is -0.389 e. The van der Waals surface area contributed by atoms with Crippen molar-refractivity contribution >= 4 is 17.6 Å². The van der Waals surface area contributed by atoms with E-state index >= 15 is 0 Å². The number of aliphatic hydroxyl groups excluding tert-OH is 2. The fourth-order valence-electron chi connectivity index (χ4n) is 0.456. The van der Waals surface area contributed by atoms with E-state index in [1.54, 1.807) is 0 Å². The Morgan fingerprint density at radius 3 is 2.25 bits per heavy atom. The minimum absolute atomic E-state index is 0.638. The third-order valence-electron chi connectivity index (χ3n) is 1.19. The number of carbonyl (C=O) groups excluding carboxylic acids is 1. The number of halogens is 3. The van der Waals surface area contributed by atoms with Gasteiger partial charge >= 0.3 is 11.9 Å². The van der Waals surface area contributed by atoms with E-state index in [4.69, 9.17) is 26.9 Å². The summed E-state index contributed by atoms with van der Waals surface area (Å²) in [7, 11) is 0. The molecule has 0 spiro atoms. The third-order valence-corrected chi connectivity index (χ3v) is 1.51. The van der Waals surface area contributed by atoms with Crippen molar-refractivity contribution in [3.8, 4) is 0 Å². The van der Waals surface area contributed by atoms with Crippen molar-refractivity contribution in [1.82, 2.24) is 0 Å². The van der Waals surface area contributed by atoms with Crippen LogP contribution in [-0.2, 0) is 4.79 Å². The molecule has 0 bridgehead atoms. The molecular formula is C5H7ClF2O4. The molecule has 7 heteroatoms. The van der Waals surface area contributed by atoms with Crippen LogP contribution in [0.2, 0.25) is 0 Å². The monoisotopic (exact) mass is 204 g/mol. The van der Waals surface area contributed by atoms with E-state index in [1.165, 1.54) is 0 Å². The molecule has 0 aliphatic carbocycles. The highest BCUT2D eigenvalue weighted by molar-refractivity contribution is 6.18. The van der Waals surface area contributed by atoms with Gasteiger partial charge in [-0.25, -0.2) is 0 Å². The minimum atomic E-state index is -4.10. The molecule has 0 heterocycles. The summed E-state index contributed by atoms with van der Waals surface area (Å²) in [5, 5.41) is 25.5. The van der Waals surface area contributed by atoms with E-state index in [-0.39, 0.29) is 0 Å². The largest absolute Gasteiger partial charge is 0.389 e. The Balaban J connectivity index is 4.44. The summed E-state index contributed by atoms with van der Waals surface area (Å²) in [5.41, 5.74) is 0. The molecule has 0 aliphatic rings. The average Bonchev–Trinajstić information content (AvgIpc) is 2.01. The van der Waals surface area contributed by atoms with Gasteiger partial charge in [0.05, 0.1) is 12.0 Å². The average molecular weight is 205 g/mol. The summed E-state index contributed by atoms with van der Waals surface area (Å²) in [6, 6.07) is -2.78. The molecule has 0 saturated carbocycles. The van der Waals surface area contributed by atoms with Crippen LogP contribution >= 0.6 is 11.6 Å². The van der Waals surface area contributed by atoms with E-state index in [1.807, 2.05) is 0 Å². The summed E-state index contributed by atoms with van der Waals surface area (Å²) in [6.45, 7) is 0. The van der Waals surface area contributed by atoms with Crippen LogP contribution in [0.4, 0.5) is 8.78 Å². The van der Waals surface area contributed by atoms with Gasteiger partial charge in [0.1, 0.15) is 0 Å². The van der Waals surface area contributed by atoms with E-state index in [0.717, 1.165) is 0 Å². The Morgan fingerprint density at radius 1 is 1.58 bits per heavy atom. The summed E-state index contributed by atoms with van der Waals surface area (Å²) in [5.74, 6) is -4.74. The lowest BCUT2D eigenvalue weighted by Crippen LogP contribution is -2.50. The van der Waals surface area contributed by atoms with Crippen molar-refractivity contribution < 1.29 is 28.9 Å². The van der Waals surface area contributed by atoms with Crippen LogP contribution < -0.4 is 0 Å².